The molecule has 3 fully saturated rings. The number of piperazine rings is 2. The number of benzene rings is 2. The number of amides is 5. The maximum Gasteiger partial charge on any atom is 0.417 e. The van der Waals surface area contributed by atoms with Crippen LogP contribution in [0.2, 0.25) is 0 Å². The molecule has 19 nitrogen and oxygen atoms in total. The molecule has 0 saturated carbocycles. The van der Waals surface area contributed by atoms with Gasteiger partial charge in [-0.3, -0.25) is 38.5 Å². The van der Waals surface area contributed by atoms with Crippen LogP contribution in [0, 0.1) is 24.1 Å². The van der Waals surface area contributed by atoms with Crippen molar-refractivity contribution in [2.45, 2.75) is 130 Å². The molecule has 3 saturated heterocycles. The van der Waals surface area contributed by atoms with E-state index in [9.17, 15) is 51.8 Å². The fraction of sp³-hybridized carbons (Fsp3) is 0.500. The van der Waals surface area contributed by atoms with E-state index in [2.05, 4.69) is 35.8 Å². The molecule has 5 amide bonds. The number of aliphatic hydroxyl groups is 1. The van der Waals surface area contributed by atoms with Crippen molar-refractivity contribution in [2.24, 2.45) is 11.3 Å². The number of pyridine rings is 2. The number of unbranched alkanes of at least 4 members (excludes halogenated alkanes) is 2. The molecule has 462 valence electrons. The fourth-order valence-corrected chi connectivity index (χ4v) is 12.1. The lowest BCUT2D eigenvalue weighted by molar-refractivity contribution is -0.146. The van der Waals surface area contributed by atoms with Gasteiger partial charge in [-0.25, -0.2) is 14.4 Å². The molecule has 3 aliphatic heterocycles. The summed E-state index contributed by atoms with van der Waals surface area (Å²) >= 11 is 1.56. The standard InChI is InChI=1S/C62H77F4N11O8S/c1-37-33-76(34-38(2)73(37)7)51-29-49(63)45(27-50(51)72-58(83)46-32-69-55(81)28-47(46)62(64,65)66)42-16-17-53(68-31-42)74-21-23-75(24-22-74)56(82)19-18-54(80)67-20-10-8-9-11-43(78)25-48(61(4,5)6)60(85)77-35-44(79)26-52(77)59(84)70-30-40-12-14-41(15-13-40)57-39(3)71-36-86-57/h12-17,27-29,31-32,36-38,44,48,52,79H,8-11,18-26,30,33-35H2,1-7H3,(H,67,80)(H,69,81)(H,70,84)(H,72,83)/t37-,38+,44-,48-,52+/m1/s1. The van der Waals surface area contributed by atoms with Gasteiger partial charge in [-0.05, 0) is 81.5 Å². The lowest BCUT2D eigenvalue weighted by Gasteiger charge is -2.44. The molecule has 2 aromatic carbocycles. The van der Waals surface area contributed by atoms with Gasteiger partial charge in [0, 0.05) is 139 Å². The molecule has 5 aromatic rings. The van der Waals surface area contributed by atoms with Gasteiger partial charge in [0.2, 0.25) is 29.2 Å². The van der Waals surface area contributed by atoms with Crippen LogP contribution >= 0.6 is 11.3 Å². The van der Waals surface area contributed by atoms with Crippen LogP contribution in [-0.4, -0.2) is 154 Å². The molecule has 0 spiro atoms. The van der Waals surface area contributed by atoms with E-state index in [-0.39, 0.29) is 104 Å². The number of hydrogen-bond acceptors (Lipinski definition) is 14. The maximum atomic E-state index is 16.2. The Balaban J connectivity index is 0.757. The number of hydrogen-bond donors (Lipinski definition) is 5. The van der Waals surface area contributed by atoms with Crippen molar-refractivity contribution in [1.29, 1.82) is 0 Å². The van der Waals surface area contributed by atoms with Crippen molar-refractivity contribution in [2.75, 3.05) is 74.5 Å². The van der Waals surface area contributed by atoms with Gasteiger partial charge in [0.25, 0.3) is 5.91 Å². The first-order valence-corrected chi connectivity index (χ1v) is 30.1. The van der Waals surface area contributed by atoms with Crippen LogP contribution in [0.4, 0.5) is 34.8 Å². The van der Waals surface area contributed by atoms with Gasteiger partial charge in [0.05, 0.1) is 44.7 Å². The first-order valence-electron chi connectivity index (χ1n) is 29.2. The molecular formula is C62H77F4N11O8S. The van der Waals surface area contributed by atoms with E-state index in [0.29, 0.717) is 88.7 Å². The van der Waals surface area contributed by atoms with Gasteiger partial charge in [0.15, 0.2) is 0 Å². The van der Waals surface area contributed by atoms with Crippen molar-refractivity contribution in [3.63, 3.8) is 0 Å². The van der Waals surface area contributed by atoms with Crippen LogP contribution in [0.1, 0.15) is 113 Å². The summed E-state index contributed by atoms with van der Waals surface area (Å²) in [5.41, 5.74) is 1.53. The number of ketones is 1. The van der Waals surface area contributed by atoms with Gasteiger partial charge in [-0.15, -0.1) is 11.3 Å². The van der Waals surface area contributed by atoms with Crippen LogP contribution in [-0.2, 0) is 36.7 Å². The van der Waals surface area contributed by atoms with Gasteiger partial charge < -0.3 is 45.6 Å². The third-order valence-corrected chi connectivity index (χ3v) is 17.6. The minimum Gasteiger partial charge on any atom is -0.391 e. The number of rotatable bonds is 21. The lowest BCUT2D eigenvalue weighted by atomic mass is 9.76. The highest BCUT2D eigenvalue weighted by atomic mass is 32.1. The number of aryl methyl sites for hydroxylation is 1. The van der Waals surface area contributed by atoms with Crippen LogP contribution in [0.15, 0.2) is 77.3 Å². The largest absolute Gasteiger partial charge is 0.417 e. The van der Waals surface area contributed by atoms with Crippen molar-refractivity contribution in [3.8, 4) is 21.6 Å². The van der Waals surface area contributed by atoms with Crippen LogP contribution in [0.3, 0.4) is 0 Å². The second-order valence-electron chi connectivity index (χ2n) is 23.9. The third-order valence-electron chi connectivity index (χ3n) is 16.6. The Kier molecular flexibility index (Phi) is 20.9. The Hall–Kier alpha value is -7.57. The number of nitrogens with one attached hydrogen (secondary N) is 4. The van der Waals surface area contributed by atoms with Crippen LogP contribution < -0.4 is 31.3 Å². The van der Waals surface area contributed by atoms with Crippen molar-refractivity contribution >= 4 is 63.8 Å². The zero-order valence-corrected chi connectivity index (χ0v) is 50.5. The first-order chi connectivity index (χ1) is 40.7. The minimum absolute atomic E-state index is 0.000274. The summed E-state index contributed by atoms with van der Waals surface area (Å²) in [7, 11) is 1.96. The summed E-state index contributed by atoms with van der Waals surface area (Å²) in [5, 5.41) is 19.0. The SMILES string of the molecule is Cc1ncsc1-c1ccc(CNC(=O)[C@@H]2C[C@@H](O)CN2C(=O)[C@@H](CC(=O)CCCCCNC(=O)CCC(=O)N2CCN(c3ccc(-c4cc(NC(=O)c5c[nH]c(=O)cc5C(F)(F)F)c(N5C[C@@H](C)N(C)[C@@H](C)C5)cc4F)cn3)CC2)C(C)(C)C)cc1. The molecule has 0 bridgehead atoms. The number of aromatic nitrogens is 3. The number of aliphatic hydroxyl groups excluding tert-OH is 1. The molecule has 0 radical (unpaired) electrons. The van der Waals surface area contributed by atoms with E-state index < -0.39 is 58.1 Å². The van der Waals surface area contributed by atoms with E-state index >= 15 is 4.39 Å². The number of halogens is 4. The summed E-state index contributed by atoms with van der Waals surface area (Å²) < 4.78 is 58.2. The number of alkyl halides is 3. The Bertz CT molecular complexity index is 3300. The quantitative estimate of drug-likeness (QED) is 0.0349. The van der Waals surface area contributed by atoms with Crippen LogP contribution in [0.5, 0.6) is 0 Å². The van der Waals surface area contributed by atoms with Gasteiger partial charge in [-0.2, -0.15) is 13.2 Å². The van der Waals surface area contributed by atoms with Gasteiger partial charge in [0.1, 0.15) is 23.5 Å². The highest BCUT2D eigenvalue weighted by molar-refractivity contribution is 7.13. The summed E-state index contributed by atoms with van der Waals surface area (Å²) in [5.74, 6) is -3.18. The highest BCUT2D eigenvalue weighted by Gasteiger charge is 2.45. The average Bonchev–Trinajstić information content (AvgIpc) is 1.61. The topological polar surface area (TPSA) is 234 Å². The molecule has 24 heteroatoms. The summed E-state index contributed by atoms with van der Waals surface area (Å²) in [6, 6.07) is 13.3. The van der Waals surface area contributed by atoms with Crippen molar-refractivity contribution < 1.29 is 51.4 Å². The smallest absolute Gasteiger partial charge is 0.391 e. The van der Waals surface area contributed by atoms with E-state index in [4.69, 9.17) is 0 Å². The molecule has 3 aromatic heterocycles. The van der Waals surface area contributed by atoms with E-state index in [1.807, 2.05) is 82.7 Å². The zero-order chi connectivity index (χ0) is 62.2. The number of likely N-dealkylation sites (tertiary alicyclic amines) is 1. The van der Waals surface area contributed by atoms with E-state index in [1.54, 1.807) is 33.9 Å². The second kappa shape index (κ2) is 27.9. The number of carbonyl (C=O) groups excluding carboxylic acids is 6. The van der Waals surface area contributed by atoms with E-state index in [1.165, 1.54) is 23.2 Å². The Morgan fingerprint density at radius 1 is 0.837 bits per heavy atom. The number of aromatic amines is 1. The molecule has 3 aliphatic rings. The molecule has 5 N–H and O–H groups in total. The number of carbonyl (C=O) groups is 6. The predicted octanol–water partition coefficient (Wildman–Crippen LogP) is 7.81. The number of Topliss-reactive ketones (excluding diaryl/α,β-unsaturated/α-hetero) is 1. The van der Waals surface area contributed by atoms with E-state index in [0.717, 1.165) is 21.7 Å². The van der Waals surface area contributed by atoms with Crippen molar-refractivity contribution in [3.05, 3.63) is 111 Å². The zero-order valence-electron chi connectivity index (χ0n) is 49.7. The molecular weight excluding hydrogens is 1130 g/mol. The molecule has 8 rings (SSSR count). The number of likely N-dealkylation sites (N-methyl/N-ethyl adjacent to an activating group) is 1. The normalized spacial score (nSPS) is 18.9. The number of β-amino-alcohol motifs (C(OH)–C–C–N with tert-alkyl or cyclic N) is 1. The Morgan fingerprint density at radius 2 is 1.53 bits per heavy atom. The molecule has 86 heavy (non-hydrogen) atoms. The van der Waals surface area contributed by atoms with Gasteiger partial charge >= 0.3 is 6.18 Å². The maximum absolute atomic E-state index is 16.2. The number of thiazole rings is 1. The molecule has 0 aliphatic carbocycles. The highest BCUT2D eigenvalue weighted by Crippen LogP contribution is 2.39. The Labute approximate surface area is 501 Å². The summed E-state index contributed by atoms with van der Waals surface area (Å²) in [4.78, 5) is 114. The van der Waals surface area contributed by atoms with Crippen molar-refractivity contribution in [1.82, 2.24) is 40.3 Å². The predicted molar refractivity (Wildman–Crippen MR) is 321 cm³/mol. The number of H-pyrrole nitrogens is 1. The minimum atomic E-state index is -5.01. The summed E-state index contributed by atoms with van der Waals surface area (Å²) in [6.07, 6.45) is -1.56. The molecule has 5 atom stereocenters. The monoisotopic (exact) mass is 1210 g/mol. The number of nitrogens with zero attached hydrogens (tertiary/aromatic N) is 7. The van der Waals surface area contributed by atoms with Gasteiger partial charge in [-0.1, -0.05) is 51.5 Å². The average molecular weight is 1210 g/mol. The molecule has 6 heterocycles. The Morgan fingerprint density at radius 3 is 2.17 bits per heavy atom. The molecule has 0 unspecified atom stereocenters. The lowest BCUT2D eigenvalue weighted by Crippen LogP contribution is -2.55. The number of anilines is 3. The fourth-order valence-electron chi connectivity index (χ4n) is 11.3. The summed E-state index contributed by atoms with van der Waals surface area (Å²) in [6.45, 7) is 14.7. The van der Waals surface area contributed by atoms with Crippen LogP contribution in [0.25, 0.3) is 21.6 Å². The first kappa shape index (κ1) is 64.4. The second-order valence-corrected chi connectivity index (χ2v) is 24.7. The third kappa shape index (κ3) is 16.1.